The molecule has 1 amide bonds. The van der Waals surface area contributed by atoms with E-state index in [0.29, 0.717) is 35.1 Å². The summed E-state index contributed by atoms with van der Waals surface area (Å²) in [6.07, 6.45) is -1.09. The summed E-state index contributed by atoms with van der Waals surface area (Å²) in [4.78, 5) is 14.5. The number of ether oxygens (including phenoxy) is 1. The van der Waals surface area contributed by atoms with Gasteiger partial charge in [-0.25, -0.2) is 4.39 Å². The number of anilines is 1. The van der Waals surface area contributed by atoms with Gasteiger partial charge < -0.3 is 15.0 Å². The number of piperidine rings is 1. The minimum Gasteiger partial charge on any atom is -0.483 e. The predicted octanol–water partition coefficient (Wildman–Crippen LogP) is 9.26. The number of nitrogens with zero attached hydrogens (tertiary/aromatic N) is 1. The van der Waals surface area contributed by atoms with E-state index in [4.69, 9.17) is 16.3 Å². The number of halogens is 5. The fourth-order valence-corrected chi connectivity index (χ4v) is 5.43. The third kappa shape index (κ3) is 8.95. The molecule has 3 aromatic carbocycles. The monoisotopic (exact) mass is 604 g/mol. The van der Waals surface area contributed by atoms with E-state index in [2.05, 4.69) is 22.3 Å². The van der Waals surface area contributed by atoms with Crippen molar-refractivity contribution in [3.05, 3.63) is 94.3 Å². The molecule has 4 nitrogen and oxygen atoms in total. The first kappa shape index (κ1) is 31.8. The van der Waals surface area contributed by atoms with Crippen molar-refractivity contribution >= 4 is 23.2 Å². The zero-order valence-electron chi connectivity index (χ0n) is 23.9. The van der Waals surface area contributed by atoms with E-state index in [9.17, 15) is 22.4 Å². The number of carbonyl (C=O) groups is 1. The quantitative estimate of drug-likeness (QED) is 0.175. The van der Waals surface area contributed by atoms with E-state index >= 15 is 0 Å². The first-order chi connectivity index (χ1) is 20.0. The van der Waals surface area contributed by atoms with Crippen LogP contribution in [0.5, 0.6) is 5.75 Å². The highest BCUT2D eigenvalue weighted by molar-refractivity contribution is 6.30. The summed E-state index contributed by atoms with van der Waals surface area (Å²) in [5.41, 5.74) is 1.79. The number of nitrogens with one attached hydrogen (secondary N) is 1. The number of unbranched alkanes of at least 4 members (excludes halogenated alkanes) is 1. The number of benzene rings is 3. The molecule has 0 saturated carbocycles. The molecule has 226 valence electrons. The minimum absolute atomic E-state index is 0.00457. The summed E-state index contributed by atoms with van der Waals surface area (Å²) in [7, 11) is 0. The summed E-state index contributed by atoms with van der Waals surface area (Å²) in [6, 6.07) is 17.2. The number of alkyl halides is 3. The Morgan fingerprint density at radius 1 is 1.02 bits per heavy atom. The molecule has 1 N–H and O–H groups in total. The van der Waals surface area contributed by atoms with Crippen LogP contribution in [0.15, 0.2) is 66.7 Å². The summed E-state index contributed by atoms with van der Waals surface area (Å²) < 4.78 is 60.0. The van der Waals surface area contributed by atoms with E-state index in [-0.39, 0.29) is 11.8 Å². The van der Waals surface area contributed by atoms with Crippen molar-refractivity contribution in [3.8, 4) is 5.75 Å². The maximum absolute atomic E-state index is 14.5. The van der Waals surface area contributed by atoms with Gasteiger partial charge in [0, 0.05) is 16.6 Å². The molecule has 0 aliphatic carbocycles. The zero-order chi connectivity index (χ0) is 30.3. The summed E-state index contributed by atoms with van der Waals surface area (Å²) in [6.45, 7) is 6.54. The molecule has 1 unspecified atom stereocenters. The van der Waals surface area contributed by atoms with Crippen LogP contribution in [0.3, 0.4) is 0 Å². The maximum Gasteiger partial charge on any atom is 0.416 e. The minimum atomic E-state index is -4.60. The highest BCUT2D eigenvalue weighted by Crippen LogP contribution is 2.36. The molecule has 0 radical (unpaired) electrons. The Morgan fingerprint density at radius 2 is 1.76 bits per heavy atom. The molecule has 4 rings (SSSR count). The average Bonchev–Trinajstić information content (AvgIpc) is 2.95. The van der Waals surface area contributed by atoms with Gasteiger partial charge in [0.2, 0.25) is 5.91 Å². The van der Waals surface area contributed by atoms with E-state index in [1.54, 1.807) is 24.3 Å². The Balaban J connectivity index is 1.31. The highest BCUT2D eigenvalue weighted by atomic mass is 35.5. The lowest BCUT2D eigenvalue weighted by atomic mass is 9.89. The predicted molar refractivity (Wildman–Crippen MR) is 158 cm³/mol. The Morgan fingerprint density at radius 3 is 2.45 bits per heavy atom. The number of hydrogen-bond acceptors (Lipinski definition) is 3. The zero-order valence-corrected chi connectivity index (χ0v) is 24.6. The van der Waals surface area contributed by atoms with Crippen LogP contribution in [0.4, 0.5) is 23.2 Å². The van der Waals surface area contributed by atoms with Crippen LogP contribution in [0.2, 0.25) is 5.02 Å². The topological polar surface area (TPSA) is 41.6 Å². The molecule has 0 spiro atoms. The molecule has 1 atom stereocenters. The first-order valence-electron chi connectivity index (χ1n) is 14.4. The van der Waals surface area contributed by atoms with Crippen molar-refractivity contribution in [1.82, 2.24) is 4.90 Å². The Hall–Kier alpha value is -3.10. The van der Waals surface area contributed by atoms with Crippen LogP contribution in [0.25, 0.3) is 0 Å². The molecule has 42 heavy (non-hydrogen) atoms. The number of carbonyl (C=O) groups excluding carboxylic acids is 1. The molecule has 0 aromatic heterocycles. The van der Waals surface area contributed by atoms with Gasteiger partial charge in [-0.05, 0) is 111 Å². The molecule has 1 aliphatic rings. The SMILES string of the molecule is CC(C)C(=O)Nc1cccc(C2CCN(CCCCC(Oc3cc(C(F)(F)F)ccc3F)c3cccc(Cl)c3)CC2)c1. The second kappa shape index (κ2) is 14.4. The number of hydrogen-bond donors (Lipinski definition) is 1. The summed E-state index contributed by atoms with van der Waals surface area (Å²) in [5.74, 6) is -0.911. The van der Waals surface area contributed by atoms with Crippen LogP contribution in [0, 0.1) is 11.7 Å². The third-order valence-electron chi connectivity index (χ3n) is 7.68. The van der Waals surface area contributed by atoms with Crippen molar-refractivity contribution in [2.45, 2.75) is 64.1 Å². The van der Waals surface area contributed by atoms with Gasteiger partial charge in [-0.3, -0.25) is 4.79 Å². The molecular formula is C33H37ClF4N2O2. The lowest BCUT2D eigenvalue weighted by Gasteiger charge is -2.32. The molecule has 1 heterocycles. The van der Waals surface area contributed by atoms with E-state index < -0.39 is 29.4 Å². The van der Waals surface area contributed by atoms with Gasteiger partial charge in [0.05, 0.1) is 5.56 Å². The van der Waals surface area contributed by atoms with Gasteiger partial charge in [0.15, 0.2) is 11.6 Å². The third-order valence-corrected chi connectivity index (χ3v) is 7.91. The fraction of sp³-hybridized carbons (Fsp3) is 0.424. The van der Waals surface area contributed by atoms with Gasteiger partial charge in [-0.2, -0.15) is 13.2 Å². The van der Waals surface area contributed by atoms with E-state index in [1.165, 1.54) is 5.56 Å². The van der Waals surface area contributed by atoms with Gasteiger partial charge in [-0.15, -0.1) is 0 Å². The summed E-state index contributed by atoms with van der Waals surface area (Å²) >= 11 is 6.17. The van der Waals surface area contributed by atoms with Crippen molar-refractivity contribution < 1.29 is 27.1 Å². The molecular weight excluding hydrogens is 568 g/mol. The lowest BCUT2D eigenvalue weighted by molar-refractivity contribution is -0.137. The van der Waals surface area contributed by atoms with E-state index in [1.807, 2.05) is 26.0 Å². The van der Waals surface area contributed by atoms with E-state index in [0.717, 1.165) is 57.1 Å². The number of amides is 1. The molecule has 1 aliphatic heterocycles. The highest BCUT2D eigenvalue weighted by Gasteiger charge is 2.32. The average molecular weight is 605 g/mol. The summed E-state index contributed by atoms with van der Waals surface area (Å²) in [5, 5.41) is 3.45. The van der Waals surface area contributed by atoms with Gasteiger partial charge in [0.25, 0.3) is 0 Å². The standard InChI is InChI=1S/C33H37ClF4N2O2/c1-22(2)32(41)39-28-10-6-7-24(20-28)23-14-17-40(18-15-23)16-4-3-11-30(25-8-5-9-27(34)19-25)42-31-21-26(33(36,37)38)12-13-29(31)35/h5-10,12-13,19-23,30H,3-4,11,14-18H2,1-2H3,(H,39,41). The Kier molecular flexibility index (Phi) is 10.9. The molecule has 3 aromatic rings. The first-order valence-corrected chi connectivity index (χ1v) is 14.8. The molecule has 9 heteroatoms. The molecule has 1 saturated heterocycles. The molecule has 0 bridgehead atoms. The largest absolute Gasteiger partial charge is 0.483 e. The van der Waals surface area contributed by atoms with Crippen molar-refractivity contribution in [3.63, 3.8) is 0 Å². The Labute approximate surface area is 250 Å². The van der Waals surface area contributed by atoms with Crippen molar-refractivity contribution in [2.24, 2.45) is 5.92 Å². The maximum atomic E-state index is 14.5. The van der Waals surface area contributed by atoms with Crippen LogP contribution in [-0.2, 0) is 11.0 Å². The van der Waals surface area contributed by atoms with Gasteiger partial charge in [-0.1, -0.05) is 49.7 Å². The Bertz CT molecular complexity index is 1340. The number of rotatable bonds is 11. The van der Waals surface area contributed by atoms with Crippen molar-refractivity contribution in [2.75, 3.05) is 25.0 Å². The lowest BCUT2D eigenvalue weighted by Crippen LogP contribution is -2.33. The molecule has 1 fully saturated rings. The second-order valence-electron chi connectivity index (χ2n) is 11.2. The smallest absolute Gasteiger partial charge is 0.416 e. The normalized spacial score (nSPS) is 15.5. The number of likely N-dealkylation sites (tertiary alicyclic amines) is 1. The van der Waals surface area contributed by atoms with Crippen LogP contribution in [-0.4, -0.2) is 30.4 Å². The van der Waals surface area contributed by atoms with Crippen molar-refractivity contribution in [1.29, 1.82) is 0 Å². The van der Waals surface area contributed by atoms with Gasteiger partial charge in [0.1, 0.15) is 6.10 Å². The fourth-order valence-electron chi connectivity index (χ4n) is 5.24. The van der Waals surface area contributed by atoms with Crippen LogP contribution >= 0.6 is 11.6 Å². The van der Waals surface area contributed by atoms with Crippen LogP contribution < -0.4 is 10.1 Å². The second-order valence-corrected chi connectivity index (χ2v) is 11.6. The van der Waals surface area contributed by atoms with Crippen LogP contribution in [0.1, 0.15) is 74.7 Å². The van der Waals surface area contributed by atoms with Gasteiger partial charge >= 0.3 is 6.18 Å².